The lowest BCUT2D eigenvalue weighted by molar-refractivity contribution is -0.134. The molecular weight excluding hydrogens is 334 g/mol. The van der Waals surface area contributed by atoms with E-state index in [2.05, 4.69) is 23.7 Å². The number of carbonyl (C=O) groups is 1. The molecule has 1 aliphatic heterocycles. The molecule has 2 heterocycles. The Balaban J connectivity index is 1.70. The summed E-state index contributed by atoms with van der Waals surface area (Å²) in [6, 6.07) is 8.48. The van der Waals surface area contributed by atoms with Crippen molar-refractivity contribution >= 4 is 17.7 Å². The average molecular weight is 359 g/mol. The summed E-state index contributed by atoms with van der Waals surface area (Å²) in [6.07, 6.45) is 7.07. The van der Waals surface area contributed by atoms with Crippen LogP contribution in [0.25, 0.3) is 5.69 Å². The highest BCUT2D eigenvalue weighted by Crippen LogP contribution is 2.26. The van der Waals surface area contributed by atoms with Gasteiger partial charge in [-0.3, -0.25) is 9.36 Å². The first-order chi connectivity index (χ1) is 12.1. The van der Waals surface area contributed by atoms with Crippen molar-refractivity contribution in [2.75, 3.05) is 12.9 Å². The third-order valence-electron chi connectivity index (χ3n) is 4.74. The molecule has 0 N–H and O–H groups in total. The maximum Gasteiger partial charge on any atom is 0.233 e. The Morgan fingerprint density at radius 2 is 2.08 bits per heavy atom. The van der Waals surface area contributed by atoms with Crippen LogP contribution in [0.1, 0.15) is 33.1 Å². The van der Waals surface area contributed by atoms with Gasteiger partial charge < -0.3 is 9.64 Å². The molecule has 6 heteroatoms. The van der Waals surface area contributed by atoms with Crippen molar-refractivity contribution in [3.05, 3.63) is 36.7 Å². The molecule has 3 rings (SSSR count). The second-order valence-electron chi connectivity index (χ2n) is 6.50. The standard InChI is InChI=1S/C19H25N3O2S/c1-14-6-4-7-15(2)22(14)18(23)13-25-19-20-10-11-21(19)16-8-5-9-17(12-16)24-3/h5,8-12,14-15H,4,6-7,13H2,1-3H3/t14-,15-/m1/s1. The smallest absolute Gasteiger partial charge is 0.233 e. The second kappa shape index (κ2) is 7.95. The molecule has 1 amide bonds. The summed E-state index contributed by atoms with van der Waals surface area (Å²) in [6.45, 7) is 4.30. The summed E-state index contributed by atoms with van der Waals surface area (Å²) in [5.74, 6) is 1.41. The summed E-state index contributed by atoms with van der Waals surface area (Å²) >= 11 is 1.49. The van der Waals surface area contributed by atoms with E-state index >= 15 is 0 Å². The van der Waals surface area contributed by atoms with Gasteiger partial charge in [-0.15, -0.1) is 0 Å². The molecule has 1 saturated heterocycles. The molecule has 2 aromatic rings. The molecule has 0 saturated carbocycles. The number of carbonyl (C=O) groups excluding carboxylic acids is 1. The third-order valence-corrected chi connectivity index (χ3v) is 5.70. The van der Waals surface area contributed by atoms with Crippen LogP contribution in [-0.2, 0) is 4.79 Å². The lowest BCUT2D eigenvalue weighted by atomic mass is 9.98. The second-order valence-corrected chi connectivity index (χ2v) is 7.44. The van der Waals surface area contributed by atoms with E-state index in [1.807, 2.05) is 35.0 Å². The molecule has 0 radical (unpaired) electrons. The Labute approximate surface area is 153 Å². The van der Waals surface area contributed by atoms with Crippen LogP contribution in [0, 0.1) is 0 Å². The van der Waals surface area contributed by atoms with Crippen LogP contribution in [0.4, 0.5) is 0 Å². The van der Waals surface area contributed by atoms with Crippen LogP contribution < -0.4 is 4.74 Å². The Morgan fingerprint density at radius 1 is 1.32 bits per heavy atom. The van der Waals surface area contributed by atoms with E-state index in [0.717, 1.165) is 29.4 Å². The Bertz CT molecular complexity index is 721. The van der Waals surface area contributed by atoms with E-state index in [1.54, 1.807) is 13.3 Å². The van der Waals surface area contributed by atoms with Gasteiger partial charge in [0.2, 0.25) is 5.91 Å². The minimum absolute atomic E-state index is 0.199. The molecule has 134 valence electrons. The number of thioether (sulfide) groups is 1. The van der Waals surface area contributed by atoms with E-state index in [4.69, 9.17) is 4.74 Å². The van der Waals surface area contributed by atoms with E-state index in [-0.39, 0.29) is 5.91 Å². The fourth-order valence-corrected chi connectivity index (χ4v) is 4.31. The summed E-state index contributed by atoms with van der Waals surface area (Å²) < 4.78 is 7.28. The highest BCUT2D eigenvalue weighted by molar-refractivity contribution is 7.99. The number of likely N-dealkylation sites (tertiary alicyclic amines) is 1. The van der Waals surface area contributed by atoms with Crippen molar-refractivity contribution in [1.29, 1.82) is 0 Å². The zero-order valence-electron chi connectivity index (χ0n) is 15.0. The van der Waals surface area contributed by atoms with Gasteiger partial charge in [0, 0.05) is 30.5 Å². The zero-order chi connectivity index (χ0) is 17.8. The van der Waals surface area contributed by atoms with Gasteiger partial charge in [-0.25, -0.2) is 4.98 Å². The van der Waals surface area contributed by atoms with Crippen molar-refractivity contribution in [3.63, 3.8) is 0 Å². The lowest BCUT2D eigenvalue weighted by Gasteiger charge is -2.39. The minimum atomic E-state index is 0.199. The summed E-state index contributed by atoms with van der Waals surface area (Å²) in [7, 11) is 1.66. The number of aromatic nitrogens is 2. The van der Waals surface area contributed by atoms with E-state index in [1.165, 1.54) is 18.2 Å². The quantitative estimate of drug-likeness (QED) is 0.763. The molecule has 0 unspecified atom stereocenters. The Morgan fingerprint density at radius 3 is 2.80 bits per heavy atom. The molecular formula is C19H25N3O2S. The van der Waals surface area contributed by atoms with Crippen LogP contribution in [0.15, 0.2) is 41.8 Å². The van der Waals surface area contributed by atoms with Crippen molar-refractivity contribution in [1.82, 2.24) is 14.5 Å². The van der Waals surface area contributed by atoms with Gasteiger partial charge in [0.25, 0.3) is 0 Å². The predicted octanol–water partition coefficient (Wildman–Crippen LogP) is 3.76. The summed E-state index contributed by atoms with van der Waals surface area (Å²) in [5, 5.41) is 0.818. The number of methoxy groups -OCH3 is 1. The normalized spacial score (nSPS) is 20.5. The first kappa shape index (κ1) is 17.9. The van der Waals surface area contributed by atoms with Gasteiger partial charge in [-0.1, -0.05) is 17.8 Å². The number of piperidine rings is 1. The monoisotopic (exact) mass is 359 g/mol. The molecule has 1 aromatic carbocycles. The first-order valence-corrected chi connectivity index (χ1v) is 9.70. The van der Waals surface area contributed by atoms with Gasteiger partial charge in [-0.2, -0.15) is 0 Å². The van der Waals surface area contributed by atoms with Crippen LogP contribution in [0.3, 0.4) is 0 Å². The highest BCUT2D eigenvalue weighted by atomic mass is 32.2. The zero-order valence-corrected chi connectivity index (χ0v) is 15.8. The number of rotatable bonds is 5. The molecule has 0 bridgehead atoms. The van der Waals surface area contributed by atoms with Crippen LogP contribution >= 0.6 is 11.8 Å². The van der Waals surface area contributed by atoms with Crippen molar-refractivity contribution in [2.24, 2.45) is 0 Å². The molecule has 1 aliphatic rings. The number of amides is 1. The van der Waals surface area contributed by atoms with Crippen molar-refractivity contribution in [2.45, 2.75) is 50.4 Å². The number of ether oxygens (including phenoxy) is 1. The molecule has 1 aromatic heterocycles. The summed E-state index contributed by atoms with van der Waals surface area (Å²) in [5.41, 5.74) is 0.978. The molecule has 5 nitrogen and oxygen atoms in total. The fourth-order valence-electron chi connectivity index (χ4n) is 3.47. The van der Waals surface area contributed by atoms with E-state index in [0.29, 0.717) is 17.8 Å². The molecule has 2 atom stereocenters. The van der Waals surface area contributed by atoms with Crippen LogP contribution in [-0.4, -0.2) is 45.3 Å². The minimum Gasteiger partial charge on any atom is -0.497 e. The molecule has 25 heavy (non-hydrogen) atoms. The average Bonchev–Trinajstić information content (AvgIpc) is 3.08. The van der Waals surface area contributed by atoms with Gasteiger partial charge in [0.1, 0.15) is 5.75 Å². The maximum atomic E-state index is 12.7. The van der Waals surface area contributed by atoms with Crippen LogP contribution in [0.2, 0.25) is 0 Å². The van der Waals surface area contributed by atoms with Crippen molar-refractivity contribution in [3.8, 4) is 11.4 Å². The maximum absolute atomic E-state index is 12.7. The Kier molecular flexibility index (Phi) is 5.68. The number of nitrogens with zero attached hydrogens (tertiary/aromatic N) is 3. The first-order valence-electron chi connectivity index (χ1n) is 8.72. The number of benzene rings is 1. The number of hydrogen-bond acceptors (Lipinski definition) is 4. The molecule has 0 aliphatic carbocycles. The SMILES string of the molecule is COc1cccc(-n2ccnc2SCC(=O)N2[C@H](C)CCC[C@H]2C)c1. The lowest BCUT2D eigenvalue weighted by Crippen LogP contribution is -2.48. The Hall–Kier alpha value is -1.95. The van der Waals surface area contributed by atoms with Gasteiger partial charge >= 0.3 is 0 Å². The van der Waals surface area contributed by atoms with Crippen LogP contribution in [0.5, 0.6) is 5.75 Å². The summed E-state index contributed by atoms with van der Waals surface area (Å²) in [4.78, 5) is 19.2. The fraction of sp³-hybridized carbons (Fsp3) is 0.474. The molecule has 0 spiro atoms. The molecule has 1 fully saturated rings. The van der Waals surface area contributed by atoms with Crippen molar-refractivity contribution < 1.29 is 9.53 Å². The topological polar surface area (TPSA) is 47.4 Å². The number of hydrogen-bond donors (Lipinski definition) is 0. The van der Waals surface area contributed by atoms with E-state index in [9.17, 15) is 4.79 Å². The highest BCUT2D eigenvalue weighted by Gasteiger charge is 2.28. The van der Waals surface area contributed by atoms with E-state index < -0.39 is 0 Å². The predicted molar refractivity (Wildman–Crippen MR) is 100 cm³/mol. The van der Waals surface area contributed by atoms with Gasteiger partial charge in [-0.05, 0) is 45.2 Å². The third kappa shape index (κ3) is 4.00. The van der Waals surface area contributed by atoms with Gasteiger partial charge in [0.05, 0.1) is 18.6 Å². The largest absolute Gasteiger partial charge is 0.497 e. The van der Waals surface area contributed by atoms with Gasteiger partial charge in [0.15, 0.2) is 5.16 Å². The number of imidazole rings is 1.